The van der Waals surface area contributed by atoms with Gasteiger partial charge in [0.15, 0.2) is 11.5 Å². The molecular formula is C18H19N3O5. The van der Waals surface area contributed by atoms with Crippen molar-refractivity contribution in [2.24, 2.45) is 5.10 Å². The Balaban J connectivity index is 2.04. The third kappa shape index (κ3) is 5.04. The lowest BCUT2D eigenvalue weighted by atomic mass is 10.1. The van der Waals surface area contributed by atoms with E-state index in [-0.39, 0.29) is 29.3 Å². The SMILES string of the molecule is COc1cc(/C=N/NC(=O)CCc2ccccc2)c([N+](=O)[O-])cc1OC. The van der Waals surface area contributed by atoms with Crippen LogP contribution in [0.15, 0.2) is 47.6 Å². The van der Waals surface area contributed by atoms with E-state index in [0.717, 1.165) is 5.56 Å². The first-order valence-electron chi connectivity index (χ1n) is 7.81. The number of methoxy groups -OCH3 is 2. The quantitative estimate of drug-likeness (QED) is 0.444. The highest BCUT2D eigenvalue weighted by Gasteiger charge is 2.18. The number of aryl methyl sites for hydroxylation is 1. The molecular weight excluding hydrogens is 338 g/mol. The van der Waals surface area contributed by atoms with E-state index in [4.69, 9.17) is 9.47 Å². The second-order valence-electron chi connectivity index (χ2n) is 5.30. The van der Waals surface area contributed by atoms with Crippen LogP contribution >= 0.6 is 0 Å². The fourth-order valence-electron chi connectivity index (χ4n) is 2.28. The molecule has 2 rings (SSSR count). The summed E-state index contributed by atoms with van der Waals surface area (Å²) in [6, 6.07) is 12.3. The minimum absolute atomic E-state index is 0.191. The number of benzene rings is 2. The molecule has 0 fully saturated rings. The minimum Gasteiger partial charge on any atom is -0.493 e. The first-order chi connectivity index (χ1) is 12.5. The Labute approximate surface area is 150 Å². The average molecular weight is 357 g/mol. The van der Waals surface area contributed by atoms with Crippen molar-refractivity contribution in [2.75, 3.05) is 14.2 Å². The predicted octanol–water partition coefficient (Wildman–Crippen LogP) is 2.69. The molecule has 0 aliphatic carbocycles. The van der Waals surface area contributed by atoms with Gasteiger partial charge in [-0.1, -0.05) is 30.3 Å². The van der Waals surface area contributed by atoms with E-state index >= 15 is 0 Å². The maximum absolute atomic E-state index is 11.8. The van der Waals surface area contributed by atoms with Crippen LogP contribution in [-0.2, 0) is 11.2 Å². The number of hydrogen-bond acceptors (Lipinski definition) is 6. The number of amides is 1. The highest BCUT2D eigenvalue weighted by Crippen LogP contribution is 2.33. The number of nitro groups is 1. The van der Waals surface area contributed by atoms with E-state index in [9.17, 15) is 14.9 Å². The van der Waals surface area contributed by atoms with Gasteiger partial charge in [0.1, 0.15) is 0 Å². The van der Waals surface area contributed by atoms with Gasteiger partial charge >= 0.3 is 0 Å². The summed E-state index contributed by atoms with van der Waals surface area (Å²) in [7, 11) is 2.82. The molecule has 2 aromatic carbocycles. The van der Waals surface area contributed by atoms with E-state index in [2.05, 4.69) is 10.5 Å². The first kappa shape index (κ1) is 18.9. The van der Waals surface area contributed by atoms with Crippen molar-refractivity contribution in [1.29, 1.82) is 0 Å². The molecule has 26 heavy (non-hydrogen) atoms. The molecule has 0 heterocycles. The van der Waals surface area contributed by atoms with Crippen molar-refractivity contribution in [3.8, 4) is 11.5 Å². The molecule has 0 bridgehead atoms. The number of nitrogens with one attached hydrogen (secondary N) is 1. The maximum atomic E-state index is 11.8. The Kier molecular flexibility index (Phi) is 6.67. The van der Waals surface area contributed by atoms with Crippen molar-refractivity contribution in [1.82, 2.24) is 5.43 Å². The number of hydrogen-bond donors (Lipinski definition) is 1. The Hall–Kier alpha value is -3.42. The van der Waals surface area contributed by atoms with Gasteiger partial charge in [0.25, 0.3) is 5.69 Å². The van der Waals surface area contributed by atoms with Gasteiger partial charge in [-0.15, -0.1) is 0 Å². The average Bonchev–Trinajstić information content (AvgIpc) is 2.66. The molecule has 1 N–H and O–H groups in total. The molecule has 0 saturated heterocycles. The van der Waals surface area contributed by atoms with Crippen LogP contribution in [0.2, 0.25) is 0 Å². The molecule has 0 radical (unpaired) electrons. The normalized spacial score (nSPS) is 10.5. The van der Waals surface area contributed by atoms with Crippen LogP contribution in [0.3, 0.4) is 0 Å². The number of rotatable bonds is 8. The highest BCUT2D eigenvalue weighted by molar-refractivity contribution is 5.88. The summed E-state index contributed by atoms with van der Waals surface area (Å²) in [5, 5.41) is 15.0. The van der Waals surface area contributed by atoms with Crippen LogP contribution in [0.4, 0.5) is 5.69 Å². The third-order valence-corrected chi connectivity index (χ3v) is 3.61. The molecule has 0 aromatic heterocycles. The zero-order valence-corrected chi connectivity index (χ0v) is 14.5. The molecule has 0 unspecified atom stereocenters. The predicted molar refractivity (Wildman–Crippen MR) is 96.7 cm³/mol. The fourth-order valence-corrected chi connectivity index (χ4v) is 2.28. The third-order valence-electron chi connectivity index (χ3n) is 3.61. The fraction of sp³-hybridized carbons (Fsp3) is 0.222. The molecule has 8 nitrogen and oxygen atoms in total. The Morgan fingerprint density at radius 3 is 2.46 bits per heavy atom. The van der Waals surface area contributed by atoms with Gasteiger partial charge in [-0.25, -0.2) is 5.43 Å². The zero-order chi connectivity index (χ0) is 18.9. The molecule has 0 atom stereocenters. The van der Waals surface area contributed by atoms with Crippen molar-refractivity contribution >= 4 is 17.8 Å². The van der Waals surface area contributed by atoms with E-state index in [1.54, 1.807) is 0 Å². The number of hydrazone groups is 1. The summed E-state index contributed by atoms with van der Waals surface area (Å²) in [6.45, 7) is 0. The molecule has 8 heteroatoms. The lowest BCUT2D eigenvalue weighted by Crippen LogP contribution is -2.18. The van der Waals surface area contributed by atoms with Gasteiger partial charge in [0.05, 0.1) is 37.0 Å². The summed E-state index contributed by atoms with van der Waals surface area (Å²) in [5.41, 5.74) is 3.40. The maximum Gasteiger partial charge on any atom is 0.282 e. The molecule has 0 spiro atoms. The van der Waals surface area contributed by atoms with Gasteiger partial charge in [-0.05, 0) is 18.1 Å². The van der Waals surface area contributed by atoms with Crippen LogP contribution in [0.25, 0.3) is 0 Å². The number of carbonyl (C=O) groups excluding carboxylic acids is 1. The number of ether oxygens (including phenoxy) is 2. The lowest BCUT2D eigenvalue weighted by Gasteiger charge is -2.08. The van der Waals surface area contributed by atoms with Crippen LogP contribution < -0.4 is 14.9 Å². The molecule has 1 amide bonds. The largest absolute Gasteiger partial charge is 0.493 e. The lowest BCUT2D eigenvalue weighted by molar-refractivity contribution is -0.385. The van der Waals surface area contributed by atoms with Gasteiger partial charge in [0, 0.05) is 6.42 Å². The summed E-state index contributed by atoms with van der Waals surface area (Å²) in [6.07, 6.45) is 2.05. The summed E-state index contributed by atoms with van der Waals surface area (Å²) in [4.78, 5) is 22.5. The second kappa shape index (κ2) is 9.16. The van der Waals surface area contributed by atoms with Gasteiger partial charge in [-0.2, -0.15) is 5.10 Å². The zero-order valence-electron chi connectivity index (χ0n) is 14.5. The Morgan fingerprint density at radius 2 is 1.85 bits per heavy atom. The van der Waals surface area contributed by atoms with Crippen LogP contribution in [0.1, 0.15) is 17.5 Å². The van der Waals surface area contributed by atoms with Gasteiger partial charge in [-0.3, -0.25) is 14.9 Å². The highest BCUT2D eigenvalue weighted by atomic mass is 16.6. The molecule has 0 aliphatic heterocycles. The standard InChI is InChI=1S/C18H19N3O5/c1-25-16-10-14(15(21(23)24)11-17(16)26-2)12-19-20-18(22)9-8-13-6-4-3-5-7-13/h3-7,10-12H,8-9H2,1-2H3,(H,20,22)/b19-12+. The van der Waals surface area contributed by atoms with Crippen molar-refractivity contribution in [3.63, 3.8) is 0 Å². The summed E-state index contributed by atoms with van der Waals surface area (Å²) < 4.78 is 10.2. The van der Waals surface area contributed by atoms with E-state index < -0.39 is 4.92 Å². The molecule has 2 aromatic rings. The number of carbonyl (C=O) groups is 1. The number of nitro benzene ring substituents is 1. The van der Waals surface area contributed by atoms with Crippen LogP contribution in [-0.4, -0.2) is 31.3 Å². The summed E-state index contributed by atoms with van der Waals surface area (Å²) in [5.74, 6) is 0.284. The molecule has 0 aliphatic rings. The minimum atomic E-state index is -0.555. The van der Waals surface area contributed by atoms with Crippen molar-refractivity contribution in [2.45, 2.75) is 12.8 Å². The monoisotopic (exact) mass is 357 g/mol. The molecule has 0 saturated carbocycles. The number of nitrogens with zero attached hydrogens (tertiary/aromatic N) is 2. The second-order valence-corrected chi connectivity index (χ2v) is 5.30. The van der Waals surface area contributed by atoms with Gasteiger partial charge in [0.2, 0.25) is 5.91 Å². The topological polar surface area (TPSA) is 103 Å². The summed E-state index contributed by atoms with van der Waals surface area (Å²) >= 11 is 0. The van der Waals surface area contributed by atoms with Gasteiger partial charge < -0.3 is 9.47 Å². The Morgan fingerprint density at radius 1 is 1.19 bits per heavy atom. The Bertz CT molecular complexity index is 806. The van der Waals surface area contributed by atoms with Crippen molar-refractivity contribution < 1.29 is 19.2 Å². The van der Waals surface area contributed by atoms with Crippen LogP contribution in [0, 0.1) is 10.1 Å². The van der Waals surface area contributed by atoms with E-state index in [1.165, 1.54) is 32.6 Å². The smallest absolute Gasteiger partial charge is 0.282 e. The van der Waals surface area contributed by atoms with E-state index in [1.807, 2.05) is 30.3 Å². The van der Waals surface area contributed by atoms with E-state index in [0.29, 0.717) is 12.2 Å². The molecule has 136 valence electrons. The first-order valence-corrected chi connectivity index (χ1v) is 7.81. The van der Waals surface area contributed by atoms with Crippen LogP contribution in [0.5, 0.6) is 11.5 Å². The van der Waals surface area contributed by atoms with Crippen molar-refractivity contribution in [3.05, 3.63) is 63.7 Å².